The summed E-state index contributed by atoms with van der Waals surface area (Å²) < 4.78 is 6.60. The van der Waals surface area contributed by atoms with E-state index in [2.05, 4.69) is 5.10 Å². The fourth-order valence-corrected chi connectivity index (χ4v) is 2.38. The first kappa shape index (κ1) is 13.4. The fraction of sp³-hybridized carbons (Fsp3) is 0.176. The Balaban J connectivity index is 1.95. The van der Waals surface area contributed by atoms with E-state index in [1.165, 1.54) is 4.68 Å². The maximum atomic E-state index is 12.3. The molecule has 2 aromatic carbocycles. The summed E-state index contributed by atoms with van der Waals surface area (Å²) in [7, 11) is 1.65. The van der Waals surface area contributed by atoms with Crippen LogP contribution in [0.25, 0.3) is 10.8 Å². The van der Waals surface area contributed by atoms with Gasteiger partial charge in [-0.1, -0.05) is 24.3 Å². The number of fused-ring (bicyclic) bond motifs is 1. The third-order valence-corrected chi connectivity index (χ3v) is 3.67. The Morgan fingerprint density at radius 2 is 1.95 bits per heavy atom. The van der Waals surface area contributed by atoms with Crippen molar-refractivity contribution >= 4 is 16.7 Å². The third-order valence-electron chi connectivity index (χ3n) is 3.67. The lowest BCUT2D eigenvalue weighted by molar-refractivity contribution is 0.0868. The van der Waals surface area contributed by atoms with Crippen LogP contribution in [0.2, 0.25) is 0 Å². The Morgan fingerprint density at radius 1 is 1.19 bits per heavy atom. The lowest BCUT2D eigenvalue weighted by atomic mass is 9.97. The number of carbonyl (C=O) groups excluding carboxylic acids is 1. The van der Waals surface area contributed by atoms with Crippen LogP contribution in [0.5, 0.6) is 5.75 Å². The summed E-state index contributed by atoms with van der Waals surface area (Å²) in [5.74, 6) is 0.556. The molecule has 3 rings (SSSR count). The average Bonchev–Trinajstić information content (AvgIpc) is 3.06. The van der Waals surface area contributed by atoms with Gasteiger partial charge in [-0.3, -0.25) is 4.79 Å². The van der Waals surface area contributed by atoms with Crippen molar-refractivity contribution in [2.75, 3.05) is 7.11 Å². The molecule has 0 aliphatic heterocycles. The zero-order chi connectivity index (χ0) is 14.8. The van der Waals surface area contributed by atoms with Crippen LogP contribution in [0.1, 0.15) is 23.2 Å². The van der Waals surface area contributed by atoms with Gasteiger partial charge in [0.2, 0.25) is 0 Å². The van der Waals surface area contributed by atoms with Crippen molar-refractivity contribution < 1.29 is 9.53 Å². The quantitative estimate of drug-likeness (QED) is 0.737. The molecule has 0 radical (unpaired) electrons. The number of hydrogen-bond acceptors (Lipinski definition) is 3. The first-order valence-corrected chi connectivity index (χ1v) is 6.80. The second-order valence-electron chi connectivity index (χ2n) is 4.98. The first-order chi connectivity index (χ1) is 10.2. The Morgan fingerprint density at radius 3 is 2.67 bits per heavy atom. The molecule has 0 spiro atoms. The Kier molecular flexibility index (Phi) is 3.44. The van der Waals surface area contributed by atoms with E-state index in [0.717, 1.165) is 22.1 Å². The number of methoxy groups -OCH3 is 1. The predicted octanol–water partition coefficient (Wildman–Crippen LogP) is 3.49. The summed E-state index contributed by atoms with van der Waals surface area (Å²) in [6.07, 6.45) is 3.28. The van der Waals surface area contributed by atoms with Gasteiger partial charge in [-0.05, 0) is 41.5 Å². The highest BCUT2D eigenvalue weighted by Gasteiger charge is 2.17. The highest BCUT2D eigenvalue weighted by molar-refractivity contribution is 5.89. The van der Waals surface area contributed by atoms with Crippen molar-refractivity contribution in [2.45, 2.75) is 12.8 Å². The van der Waals surface area contributed by atoms with Gasteiger partial charge in [-0.15, -0.1) is 0 Å². The maximum absolute atomic E-state index is 12.3. The van der Waals surface area contributed by atoms with Gasteiger partial charge < -0.3 is 4.74 Å². The summed E-state index contributed by atoms with van der Waals surface area (Å²) in [4.78, 5) is 12.3. The Bertz CT molecular complexity index is 779. The second kappa shape index (κ2) is 5.40. The Labute approximate surface area is 123 Å². The molecule has 4 heteroatoms. The van der Waals surface area contributed by atoms with Crippen LogP contribution in [0, 0.1) is 0 Å². The van der Waals surface area contributed by atoms with Gasteiger partial charge in [-0.25, -0.2) is 4.68 Å². The second-order valence-corrected chi connectivity index (χ2v) is 4.98. The molecule has 0 bridgehead atoms. The summed E-state index contributed by atoms with van der Waals surface area (Å²) in [5.41, 5.74) is 0.980. The molecule has 1 atom stereocenters. The molecule has 0 fully saturated rings. The molecule has 0 aliphatic carbocycles. The van der Waals surface area contributed by atoms with Crippen LogP contribution in [0.4, 0.5) is 0 Å². The van der Waals surface area contributed by atoms with E-state index < -0.39 is 0 Å². The minimum atomic E-state index is -0.239. The molecule has 3 aromatic rings. The molecule has 1 heterocycles. The van der Waals surface area contributed by atoms with Crippen LogP contribution in [-0.4, -0.2) is 22.8 Å². The van der Waals surface area contributed by atoms with Gasteiger partial charge in [0, 0.05) is 12.4 Å². The van der Waals surface area contributed by atoms with Gasteiger partial charge in [-0.2, -0.15) is 5.10 Å². The molecule has 0 N–H and O–H groups in total. The lowest BCUT2D eigenvalue weighted by Crippen LogP contribution is -2.18. The van der Waals surface area contributed by atoms with Crippen molar-refractivity contribution in [1.29, 1.82) is 0 Å². The number of benzene rings is 2. The average molecular weight is 280 g/mol. The van der Waals surface area contributed by atoms with Crippen molar-refractivity contribution in [2.24, 2.45) is 0 Å². The van der Waals surface area contributed by atoms with Crippen LogP contribution in [0.15, 0.2) is 54.9 Å². The highest BCUT2D eigenvalue weighted by Crippen LogP contribution is 2.25. The predicted molar refractivity (Wildman–Crippen MR) is 81.8 cm³/mol. The SMILES string of the molecule is COc1ccc2cc([C@H](C)C(=O)n3cccn3)ccc2c1. The van der Waals surface area contributed by atoms with E-state index in [9.17, 15) is 4.79 Å². The van der Waals surface area contributed by atoms with Crippen LogP contribution < -0.4 is 4.74 Å². The first-order valence-electron chi connectivity index (χ1n) is 6.80. The third kappa shape index (κ3) is 2.52. The Hall–Kier alpha value is -2.62. The zero-order valence-corrected chi connectivity index (χ0v) is 12.0. The van der Waals surface area contributed by atoms with Crippen molar-refractivity contribution in [3.63, 3.8) is 0 Å². The largest absolute Gasteiger partial charge is 0.497 e. The topological polar surface area (TPSA) is 44.1 Å². The number of aromatic nitrogens is 2. The molecular formula is C17H16N2O2. The molecular weight excluding hydrogens is 264 g/mol. The van der Waals surface area contributed by atoms with Gasteiger partial charge >= 0.3 is 0 Å². The molecule has 21 heavy (non-hydrogen) atoms. The molecule has 1 aromatic heterocycles. The number of rotatable bonds is 3. The number of carbonyl (C=O) groups is 1. The molecule has 0 unspecified atom stereocenters. The molecule has 0 amide bonds. The van der Waals surface area contributed by atoms with Crippen molar-refractivity contribution in [1.82, 2.24) is 9.78 Å². The van der Waals surface area contributed by atoms with E-state index in [4.69, 9.17) is 4.74 Å². The standard InChI is InChI=1S/C17H16N2O2/c1-12(17(20)19-9-3-8-18-19)13-4-5-15-11-16(21-2)7-6-14(15)10-13/h3-12H,1-2H3/t12-/m0/s1. The van der Waals surface area contributed by atoms with Crippen LogP contribution in [-0.2, 0) is 0 Å². The minimum Gasteiger partial charge on any atom is -0.497 e. The fourth-order valence-electron chi connectivity index (χ4n) is 2.38. The van der Waals surface area contributed by atoms with Gasteiger partial charge in [0.1, 0.15) is 5.75 Å². The maximum Gasteiger partial charge on any atom is 0.254 e. The molecule has 0 saturated carbocycles. The summed E-state index contributed by atoms with van der Waals surface area (Å²) in [6, 6.07) is 13.7. The normalized spacial score (nSPS) is 12.3. The monoisotopic (exact) mass is 280 g/mol. The van der Waals surface area contributed by atoms with Crippen LogP contribution in [0.3, 0.4) is 0 Å². The molecule has 0 aliphatic rings. The van der Waals surface area contributed by atoms with E-state index in [-0.39, 0.29) is 11.8 Å². The van der Waals surface area contributed by atoms with Crippen molar-refractivity contribution in [3.05, 3.63) is 60.4 Å². The van der Waals surface area contributed by atoms with Crippen LogP contribution >= 0.6 is 0 Å². The van der Waals surface area contributed by atoms with E-state index in [1.807, 2.05) is 43.3 Å². The summed E-state index contributed by atoms with van der Waals surface area (Å²) in [5, 5.41) is 6.18. The smallest absolute Gasteiger partial charge is 0.254 e. The van der Waals surface area contributed by atoms with E-state index in [1.54, 1.807) is 25.6 Å². The number of ether oxygens (including phenoxy) is 1. The molecule has 4 nitrogen and oxygen atoms in total. The zero-order valence-electron chi connectivity index (χ0n) is 12.0. The minimum absolute atomic E-state index is 0.0344. The van der Waals surface area contributed by atoms with Gasteiger partial charge in [0.25, 0.3) is 5.91 Å². The van der Waals surface area contributed by atoms with Gasteiger partial charge in [0.05, 0.1) is 13.0 Å². The highest BCUT2D eigenvalue weighted by atomic mass is 16.5. The summed E-state index contributed by atoms with van der Waals surface area (Å²) >= 11 is 0. The number of nitrogens with zero attached hydrogens (tertiary/aromatic N) is 2. The van der Waals surface area contributed by atoms with Gasteiger partial charge in [0.15, 0.2) is 0 Å². The number of hydrogen-bond donors (Lipinski definition) is 0. The molecule has 0 saturated heterocycles. The molecule has 106 valence electrons. The lowest BCUT2D eigenvalue weighted by Gasteiger charge is -2.12. The van der Waals surface area contributed by atoms with Crippen molar-refractivity contribution in [3.8, 4) is 5.75 Å². The van der Waals surface area contributed by atoms with E-state index in [0.29, 0.717) is 0 Å². The summed E-state index contributed by atoms with van der Waals surface area (Å²) in [6.45, 7) is 1.90. The van der Waals surface area contributed by atoms with E-state index >= 15 is 0 Å².